The van der Waals surface area contributed by atoms with Gasteiger partial charge in [-0.05, 0) is 36.4 Å². The monoisotopic (exact) mass is 432 g/mol. The number of aromatic nitrogens is 2. The van der Waals surface area contributed by atoms with E-state index in [9.17, 15) is 13.2 Å². The van der Waals surface area contributed by atoms with E-state index in [1.807, 2.05) is 17.5 Å². The summed E-state index contributed by atoms with van der Waals surface area (Å²) in [5, 5.41) is 12.4. The minimum absolute atomic E-state index is 0.0320. The SMILES string of the molecule is O=C(Nc1nnc(Cc2cccs2)o1)C1CCCN(S(=O)(=O)c2ccccc2)C1. The Labute approximate surface area is 172 Å². The van der Waals surface area contributed by atoms with Crippen LogP contribution < -0.4 is 5.32 Å². The van der Waals surface area contributed by atoms with Crippen LogP contribution in [0.3, 0.4) is 0 Å². The fraction of sp³-hybridized carbons (Fsp3) is 0.316. The molecule has 3 aromatic rings. The summed E-state index contributed by atoms with van der Waals surface area (Å²) in [6.45, 7) is 0.520. The largest absolute Gasteiger partial charge is 0.407 e. The maximum atomic E-state index is 12.8. The summed E-state index contributed by atoms with van der Waals surface area (Å²) in [6, 6.07) is 12.2. The Bertz CT molecular complexity index is 1060. The van der Waals surface area contributed by atoms with E-state index in [-0.39, 0.29) is 23.4 Å². The molecule has 8 nitrogen and oxygen atoms in total. The molecule has 10 heteroatoms. The van der Waals surface area contributed by atoms with Gasteiger partial charge in [-0.2, -0.15) is 4.31 Å². The summed E-state index contributed by atoms with van der Waals surface area (Å²) < 4.78 is 32.5. The Morgan fingerprint density at radius 1 is 1.21 bits per heavy atom. The number of hydrogen-bond acceptors (Lipinski definition) is 7. The van der Waals surface area contributed by atoms with E-state index in [0.717, 1.165) is 4.88 Å². The predicted octanol–water partition coefficient (Wildman–Crippen LogP) is 2.76. The number of carbonyl (C=O) groups is 1. The molecule has 29 heavy (non-hydrogen) atoms. The lowest BCUT2D eigenvalue weighted by Crippen LogP contribution is -2.43. The zero-order valence-electron chi connectivity index (χ0n) is 15.5. The number of rotatable bonds is 6. The van der Waals surface area contributed by atoms with Crippen molar-refractivity contribution in [3.8, 4) is 0 Å². The molecule has 0 bridgehead atoms. The standard InChI is InChI=1S/C19H20N4O4S2/c24-18(20-19-22-21-17(27-19)12-15-7-5-11-28-15)14-6-4-10-23(13-14)29(25,26)16-8-2-1-3-9-16/h1-3,5,7-9,11,14H,4,6,10,12-13H2,(H,20,22,24). The van der Waals surface area contributed by atoms with Gasteiger partial charge in [0.05, 0.1) is 17.2 Å². The second-order valence-electron chi connectivity index (χ2n) is 6.76. The lowest BCUT2D eigenvalue weighted by molar-refractivity contribution is -0.121. The fourth-order valence-corrected chi connectivity index (χ4v) is 5.50. The number of anilines is 1. The summed E-state index contributed by atoms with van der Waals surface area (Å²) in [5.41, 5.74) is 0. The third kappa shape index (κ3) is 4.55. The number of thiophene rings is 1. The second-order valence-corrected chi connectivity index (χ2v) is 9.73. The average Bonchev–Trinajstić information content (AvgIpc) is 3.41. The zero-order chi connectivity index (χ0) is 20.3. The van der Waals surface area contributed by atoms with Crippen LogP contribution in [0, 0.1) is 5.92 Å². The van der Waals surface area contributed by atoms with E-state index in [2.05, 4.69) is 15.5 Å². The van der Waals surface area contributed by atoms with Crippen molar-refractivity contribution in [3.63, 3.8) is 0 Å². The fourth-order valence-electron chi connectivity index (χ4n) is 3.26. The molecule has 1 unspecified atom stereocenters. The molecule has 2 aromatic heterocycles. The summed E-state index contributed by atoms with van der Waals surface area (Å²) in [6.07, 6.45) is 1.72. The molecule has 1 atom stereocenters. The smallest absolute Gasteiger partial charge is 0.322 e. The molecule has 1 N–H and O–H groups in total. The van der Waals surface area contributed by atoms with Gasteiger partial charge in [0.2, 0.25) is 21.8 Å². The quantitative estimate of drug-likeness (QED) is 0.642. The summed E-state index contributed by atoms with van der Waals surface area (Å²) in [5.74, 6) is -0.376. The van der Waals surface area contributed by atoms with Crippen LogP contribution in [-0.2, 0) is 21.2 Å². The van der Waals surface area contributed by atoms with Gasteiger partial charge < -0.3 is 4.42 Å². The maximum Gasteiger partial charge on any atom is 0.322 e. The number of benzene rings is 1. The van der Waals surface area contributed by atoms with Crippen LogP contribution in [0.25, 0.3) is 0 Å². The van der Waals surface area contributed by atoms with Crippen molar-refractivity contribution < 1.29 is 17.6 Å². The molecule has 0 saturated carbocycles. The third-order valence-electron chi connectivity index (χ3n) is 4.74. The minimum Gasteiger partial charge on any atom is -0.407 e. The molecule has 1 fully saturated rings. The van der Waals surface area contributed by atoms with E-state index < -0.39 is 15.9 Å². The Morgan fingerprint density at radius 2 is 2.03 bits per heavy atom. The van der Waals surface area contributed by atoms with Crippen molar-refractivity contribution in [1.82, 2.24) is 14.5 Å². The van der Waals surface area contributed by atoms with Crippen molar-refractivity contribution in [2.45, 2.75) is 24.2 Å². The normalized spacial score (nSPS) is 17.9. The Morgan fingerprint density at radius 3 is 2.79 bits per heavy atom. The Hall–Kier alpha value is -2.56. The van der Waals surface area contributed by atoms with Crippen molar-refractivity contribution in [1.29, 1.82) is 0 Å². The number of carbonyl (C=O) groups excluding carboxylic acids is 1. The molecule has 0 spiro atoms. The highest BCUT2D eigenvalue weighted by atomic mass is 32.2. The first-order chi connectivity index (χ1) is 14.0. The highest BCUT2D eigenvalue weighted by molar-refractivity contribution is 7.89. The van der Waals surface area contributed by atoms with Gasteiger partial charge in [0.25, 0.3) is 0 Å². The van der Waals surface area contributed by atoms with Gasteiger partial charge in [-0.25, -0.2) is 8.42 Å². The second kappa shape index (κ2) is 8.44. The van der Waals surface area contributed by atoms with Crippen molar-refractivity contribution in [2.24, 2.45) is 5.92 Å². The molecular weight excluding hydrogens is 412 g/mol. The molecule has 0 aliphatic carbocycles. The molecule has 1 aliphatic heterocycles. The topological polar surface area (TPSA) is 105 Å². The van der Waals surface area contributed by atoms with E-state index in [4.69, 9.17) is 4.42 Å². The van der Waals surface area contributed by atoms with E-state index >= 15 is 0 Å². The number of nitrogens with zero attached hydrogens (tertiary/aromatic N) is 3. The van der Waals surface area contributed by atoms with Crippen LogP contribution in [0.15, 0.2) is 57.2 Å². The molecular formula is C19H20N4O4S2. The number of hydrogen-bond donors (Lipinski definition) is 1. The molecule has 152 valence electrons. The first-order valence-corrected chi connectivity index (χ1v) is 11.5. The number of amides is 1. The van der Waals surface area contributed by atoms with E-state index in [1.165, 1.54) is 4.31 Å². The van der Waals surface area contributed by atoms with Crippen molar-refractivity contribution in [2.75, 3.05) is 18.4 Å². The predicted molar refractivity (Wildman–Crippen MR) is 108 cm³/mol. The van der Waals surface area contributed by atoms with Crippen LogP contribution >= 0.6 is 11.3 Å². The number of sulfonamides is 1. The summed E-state index contributed by atoms with van der Waals surface area (Å²) in [4.78, 5) is 14.0. The van der Waals surface area contributed by atoms with Crippen molar-refractivity contribution in [3.05, 3.63) is 58.6 Å². The first kappa shape index (κ1) is 19.7. The van der Waals surface area contributed by atoms with E-state index in [0.29, 0.717) is 31.7 Å². The van der Waals surface area contributed by atoms with Gasteiger partial charge in [0.15, 0.2) is 0 Å². The van der Waals surface area contributed by atoms with Crippen molar-refractivity contribution >= 4 is 33.3 Å². The zero-order valence-corrected chi connectivity index (χ0v) is 17.2. The Balaban J connectivity index is 1.40. The molecule has 3 heterocycles. The van der Waals surface area contributed by atoms with Gasteiger partial charge in [-0.3, -0.25) is 10.1 Å². The molecule has 1 aromatic carbocycles. The van der Waals surface area contributed by atoms with Gasteiger partial charge in [-0.15, -0.1) is 16.4 Å². The average molecular weight is 433 g/mol. The van der Waals surface area contributed by atoms with E-state index in [1.54, 1.807) is 41.7 Å². The van der Waals surface area contributed by atoms with Crippen LogP contribution in [0.2, 0.25) is 0 Å². The third-order valence-corrected chi connectivity index (χ3v) is 7.49. The minimum atomic E-state index is -3.62. The van der Waals surface area contributed by atoms with Crippen LogP contribution in [0.4, 0.5) is 6.01 Å². The van der Waals surface area contributed by atoms with Crippen LogP contribution in [-0.4, -0.2) is 41.9 Å². The highest BCUT2D eigenvalue weighted by Crippen LogP contribution is 2.25. The highest BCUT2D eigenvalue weighted by Gasteiger charge is 2.33. The lowest BCUT2D eigenvalue weighted by atomic mass is 9.99. The molecule has 1 amide bonds. The van der Waals surface area contributed by atoms with Crippen LogP contribution in [0.5, 0.6) is 0 Å². The van der Waals surface area contributed by atoms with Gasteiger partial charge in [0.1, 0.15) is 0 Å². The molecule has 1 saturated heterocycles. The lowest BCUT2D eigenvalue weighted by Gasteiger charge is -2.30. The molecule has 1 aliphatic rings. The molecule has 0 radical (unpaired) electrons. The Kier molecular flexibility index (Phi) is 5.74. The maximum absolute atomic E-state index is 12.8. The number of piperidine rings is 1. The van der Waals surface area contributed by atoms with Gasteiger partial charge in [0, 0.05) is 18.0 Å². The van der Waals surface area contributed by atoms with Gasteiger partial charge in [-0.1, -0.05) is 29.4 Å². The first-order valence-electron chi connectivity index (χ1n) is 9.23. The van der Waals surface area contributed by atoms with Crippen LogP contribution in [0.1, 0.15) is 23.6 Å². The van der Waals surface area contributed by atoms with Gasteiger partial charge >= 0.3 is 6.01 Å². The number of nitrogens with one attached hydrogen (secondary N) is 1. The summed E-state index contributed by atoms with van der Waals surface area (Å²) >= 11 is 1.59. The summed E-state index contributed by atoms with van der Waals surface area (Å²) in [7, 11) is -3.62. The molecule has 4 rings (SSSR count).